The van der Waals surface area contributed by atoms with E-state index in [2.05, 4.69) is 29.6 Å². The van der Waals surface area contributed by atoms with Crippen LogP contribution in [0.15, 0.2) is 36.4 Å². The molecule has 22 heavy (non-hydrogen) atoms. The minimum atomic E-state index is 0.870. The first-order chi connectivity index (χ1) is 10.7. The molecule has 0 radical (unpaired) electrons. The van der Waals surface area contributed by atoms with Gasteiger partial charge in [-0.3, -0.25) is 0 Å². The zero-order valence-corrected chi connectivity index (χ0v) is 13.3. The summed E-state index contributed by atoms with van der Waals surface area (Å²) in [5.41, 5.74) is 6.32. The second-order valence-electron chi connectivity index (χ2n) is 5.40. The summed E-state index contributed by atoms with van der Waals surface area (Å²) in [6.07, 6.45) is 4.34. The molecule has 0 aromatic heterocycles. The molecule has 0 atom stereocenters. The minimum absolute atomic E-state index is 0.870. The maximum absolute atomic E-state index is 5.31. The first kappa shape index (κ1) is 14.5. The molecule has 1 aliphatic carbocycles. The highest BCUT2D eigenvalue weighted by molar-refractivity contribution is 5.89. The number of aryl methyl sites for hydroxylation is 1. The van der Waals surface area contributed by atoms with Crippen LogP contribution in [0.2, 0.25) is 0 Å². The number of allylic oxidation sites excluding steroid dienone is 1. The number of anilines is 1. The van der Waals surface area contributed by atoms with Crippen molar-refractivity contribution in [3.63, 3.8) is 0 Å². The van der Waals surface area contributed by atoms with Gasteiger partial charge in [-0.15, -0.1) is 0 Å². The molecule has 0 amide bonds. The van der Waals surface area contributed by atoms with Gasteiger partial charge in [0.2, 0.25) is 0 Å². The van der Waals surface area contributed by atoms with Crippen molar-refractivity contribution >= 4 is 17.3 Å². The largest absolute Gasteiger partial charge is 0.497 e. The van der Waals surface area contributed by atoms with Crippen LogP contribution in [-0.4, -0.2) is 21.3 Å². The van der Waals surface area contributed by atoms with Crippen molar-refractivity contribution in [3.8, 4) is 11.5 Å². The smallest absolute Gasteiger partial charge is 0.120 e. The van der Waals surface area contributed by atoms with Gasteiger partial charge in [-0.2, -0.15) is 0 Å². The average Bonchev–Trinajstić information content (AvgIpc) is 2.60. The minimum Gasteiger partial charge on any atom is -0.497 e. The summed E-state index contributed by atoms with van der Waals surface area (Å²) < 4.78 is 10.6. The first-order valence-electron chi connectivity index (χ1n) is 7.49. The third kappa shape index (κ3) is 2.67. The van der Waals surface area contributed by atoms with E-state index in [-0.39, 0.29) is 0 Å². The summed E-state index contributed by atoms with van der Waals surface area (Å²) in [7, 11) is 5.35. The van der Waals surface area contributed by atoms with E-state index < -0.39 is 0 Å². The van der Waals surface area contributed by atoms with Crippen molar-refractivity contribution in [1.29, 1.82) is 0 Å². The fourth-order valence-corrected chi connectivity index (χ4v) is 2.95. The number of hydrogen-bond acceptors (Lipinski definition) is 3. The van der Waals surface area contributed by atoms with Gasteiger partial charge in [0, 0.05) is 24.4 Å². The molecule has 0 unspecified atom stereocenters. The van der Waals surface area contributed by atoms with Crippen LogP contribution in [0.1, 0.15) is 23.1 Å². The summed E-state index contributed by atoms with van der Waals surface area (Å²) in [5, 5.41) is 3.27. The molecule has 3 rings (SSSR count). The molecule has 3 heteroatoms. The molecule has 0 saturated carbocycles. The highest BCUT2D eigenvalue weighted by atomic mass is 16.5. The van der Waals surface area contributed by atoms with Gasteiger partial charge >= 0.3 is 0 Å². The summed E-state index contributed by atoms with van der Waals surface area (Å²) in [6, 6.07) is 12.5. The number of benzene rings is 2. The monoisotopic (exact) mass is 295 g/mol. The molecule has 1 aliphatic rings. The second-order valence-corrected chi connectivity index (χ2v) is 5.40. The van der Waals surface area contributed by atoms with Gasteiger partial charge < -0.3 is 14.8 Å². The normalized spacial score (nSPS) is 13.1. The number of rotatable bonds is 4. The quantitative estimate of drug-likeness (QED) is 0.915. The predicted molar refractivity (Wildman–Crippen MR) is 91.7 cm³/mol. The van der Waals surface area contributed by atoms with E-state index in [1.165, 1.54) is 22.3 Å². The lowest BCUT2D eigenvalue weighted by Crippen LogP contribution is -2.02. The highest BCUT2D eigenvalue weighted by Crippen LogP contribution is 2.36. The molecule has 2 aromatic rings. The molecule has 2 aromatic carbocycles. The number of ether oxygens (including phenoxy) is 2. The van der Waals surface area contributed by atoms with Crippen molar-refractivity contribution in [2.24, 2.45) is 0 Å². The second kappa shape index (κ2) is 6.14. The molecular formula is C19H21NO2. The Balaban J connectivity index is 2.00. The third-order valence-corrected chi connectivity index (χ3v) is 4.19. The van der Waals surface area contributed by atoms with E-state index in [0.717, 1.165) is 30.0 Å². The number of fused-ring (bicyclic) bond motifs is 1. The summed E-state index contributed by atoms with van der Waals surface area (Å²) in [6.45, 7) is 0. The Morgan fingerprint density at radius 1 is 0.909 bits per heavy atom. The Kier molecular flexibility index (Phi) is 4.05. The van der Waals surface area contributed by atoms with Crippen LogP contribution in [0.4, 0.5) is 5.69 Å². The summed E-state index contributed by atoms with van der Waals surface area (Å²) >= 11 is 0. The van der Waals surface area contributed by atoms with E-state index in [4.69, 9.17) is 9.47 Å². The maximum Gasteiger partial charge on any atom is 0.120 e. The third-order valence-electron chi connectivity index (χ3n) is 4.19. The number of nitrogens with one attached hydrogen (secondary N) is 1. The Bertz CT molecular complexity index is 719. The maximum atomic E-state index is 5.31. The Morgan fingerprint density at radius 3 is 2.36 bits per heavy atom. The molecule has 0 spiro atoms. The van der Waals surface area contributed by atoms with Gasteiger partial charge in [0.1, 0.15) is 11.5 Å². The van der Waals surface area contributed by atoms with Gasteiger partial charge in [-0.05, 0) is 53.8 Å². The van der Waals surface area contributed by atoms with Crippen molar-refractivity contribution < 1.29 is 9.47 Å². The predicted octanol–water partition coefficient (Wildman–Crippen LogP) is 4.23. The molecule has 0 aliphatic heterocycles. The Morgan fingerprint density at radius 2 is 1.64 bits per heavy atom. The molecule has 0 saturated heterocycles. The van der Waals surface area contributed by atoms with Crippen molar-refractivity contribution in [3.05, 3.63) is 53.1 Å². The van der Waals surface area contributed by atoms with Crippen molar-refractivity contribution in [1.82, 2.24) is 0 Å². The van der Waals surface area contributed by atoms with Crippen LogP contribution in [-0.2, 0) is 6.42 Å². The van der Waals surface area contributed by atoms with Gasteiger partial charge in [0.15, 0.2) is 0 Å². The van der Waals surface area contributed by atoms with Crippen LogP contribution >= 0.6 is 0 Å². The average molecular weight is 295 g/mol. The lowest BCUT2D eigenvalue weighted by molar-refractivity contribution is 0.414. The highest BCUT2D eigenvalue weighted by Gasteiger charge is 2.15. The fraction of sp³-hybridized carbons (Fsp3) is 0.263. The molecular weight excluding hydrogens is 274 g/mol. The molecule has 0 fully saturated rings. The zero-order valence-electron chi connectivity index (χ0n) is 13.3. The van der Waals surface area contributed by atoms with Crippen LogP contribution in [0.3, 0.4) is 0 Å². The van der Waals surface area contributed by atoms with Gasteiger partial charge in [-0.1, -0.05) is 12.1 Å². The molecule has 1 N–H and O–H groups in total. The lowest BCUT2D eigenvalue weighted by atomic mass is 9.88. The van der Waals surface area contributed by atoms with Crippen LogP contribution in [0.25, 0.3) is 11.6 Å². The van der Waals surface area contributed by atoms with Crippen LogP contribution < -0.4 is 14.8 Å². The van der Waals surface area contributed by atoms with Crippen LogP contribution in [0.5, 0.6) is 11.5 Å². The van der Waals surface area contributed by atoms with E-state index in [9.17, 15) is 0 Å². The van der Waals surface area contributed by atoms with Crippen molar-refractivity contribution in [2.45, 2.75) is 12.8 Å². The Labute approximate surface area is 131 Å². The summed E-state index contributed by atoms with van der Waals surface area (Å²) in [4.78, 5) is 0. The van der Waals surface area contributed by atoms with E-state index >= 15 is 0 Å². The van der Waals surface area contributed by atoms with E-state index in [1.807, 2.05) is 25.2 Å². The van der Waals surface area contributed by atoms with Crippen LogP contribution in [0, 0.1) is 0 Å². The zero-order chi connectivity index (χ0) is 15.5. The molecule has 0 heterocycles. The van der Waals surface area contributed by atoms with E-state index in [0.29, 0.717) is 0 Å². The Hall–Kier alpha value is -2.42. The van der Waals surface area contributed by atoms with Gasteiger partial charge in [0.05, 0.1) is 14.2 Å². The fourth-order valence-electron chi connectivity index (χ4n) is 2.95. The topological polar surface area (TPSA) is 30.5 Å². The molecule has 3 nitrogen and oxygen atoms in total. The van der Waals surface area contributed by atoms with Gasteiger partial charge in [0.25, 0.3) is 0 Å². The SMILES string of the molecule is CNc1cc(OC)ccc1C1=Cc2ccc(OC)cc2CC1. The molecule has 114 valence electrons. The number of methoxy groups -OCH3 is 2. The summed E-state index contributed by atoms with van der Waals surface area (Å²) in [5.74, 6) is 1.80. The van der Waals surface area contributed by atoms with E-state index in [1.54, 1.807) is 14.2 Å². The van der Waals surface area contributed by atoms with Crippen molar-refractivity contribution in [2.75, 3.05) is 26.6 Å². The standard InChI is InChI=1S/C19H21NO2/c1-20-19-12-17(22-3)8-9-18(19)15-5-4-14-11-16(21-2)7-6-13(14)10-15/h6-12,20H,4-5H2,1-3H3. The lowest BCUT2D eigenvalue weighted by Gasteiger charge is -2.20. The first-order valence-corrected chi connectivity index (χ1v) is 7.49. The molecule has 0 bridgehead atoms. The number of hydrogen-bond donors (Lipinski definition) is 1. The van der Waals surface area contributed by atoms with Gasteiger partial charge in [-0.25, -0.2) is 0 Å².